The topological polar surface area (TPSA) is 12.0 Å². The number of likely N-dealkylation sites (N-methyl/N-ethyl adjacent to an activating group) is 1. The van der Waals surface area contributed by atoms with E-state index in [9.17, 15) is 4.39 Å². The first-order valence-corrected chi connectivity index (χ1v) is 3.72. The molecule has 0 fully saturated rings. The highest BCUT2D eigenvalue weighted by Crippen LogP contribution is 2.02. The zero-order chi connectivity index (χ0) is 8.10. The molecule has 1 N–H and O–H groups in total. The summed E-state index contributed by atoms with van der Waals surface area (Å²) in [6.07, 6.45) is 0.883. The maximum absolute atomic E-state index is 12.6. The molecule has 0 aliphatic rings. The van der Waals surface area contributed by atoms with E-state index in [-0.39, 0.29) is 5.82 Å². The van der Waals surface area contributed by atoms with Crippen molar-refractivity contribution in [1.29, 1.82) is 0 Å². The Bertz CT molecular complexity index is 223. The van der Waals surface area contributed by atoms with Gasteiger partial charge in [-0.15, -0.1) is 0 Å². The molecule has 0 atom stereocenters. The fraction of sp³-hybridized carbons (Fsp3) is 0.333. The predicted octanol–water partition coefficient (Wildman–Crippen LogP) is 1.59. The molecule has 11 heavy (non-hydrogen) atoms. The Kier molecular flexibility index (Phi) is 3.05. The van der Waals surface area contributed by atoms with Crippen LogP contribution in [0.2, 0.25) is 0 Å². The molecule has 0 bridgehead atoms. The monoisotopic (exact) mass is 153 g/mol. The Morgan fingerprint density at radius 3 is 2.91 bits per heavy atom. The number of rotatable bonds is 3. The molecule has 0 heterocycles. The summed E-state index contributed by atoms with van der Waals surface area (Å²) in [5.74, 6) is -0.154. The van der Waals surface area contributed by atoms with Crippen LogP contribution in [-0.4, -0.2) is 13.6 Å². The average Bonchev–Trinajstić information content (AvgIpc) is 2.01. The van der Waals surface area contributed by atoms with Gasteiger partial charge in [-0.2, -0.15) is 0 Å². The smallest absolute Gasteiger partial charge is 0.123 e. The lowest BCUT2D eigenvalue weighted by Crippen LogP contribution is -2.10. The summed E-state index contributed by atoms with van der Waals surface area (Å²) in [6.45, 7) is 0.892. The van der Waals surface area contributed by atoms with E-state index < -0.39 is 0 Å². The lowest BCUT2D eigenvalue weighted by Gasteiger charge is -1.99. The highest BCUT2D eigenvalue weighted by molar-refractivity contribution is 5.16. The minimum atomic E-state index is -0.154. The van der Waals surface area contributed by atoms with Crippen LogP contribution in [0.25, 0.3) is 0 Å². The van der Waals surface area contributed by atoms with E-state index in [1.54, 1.807) is 12.1 Å². The Hall–Kier alpha value is -0.890. The number of hydrogen-bond donors (Lipinski definition) is 1. The molecule has 0 aromatic heterocycles. The van der Waals surface area contributed by atoms with E-state index in [0.29, 0.717) is 0 Å². The molecule has 1 rings (SSSR count). The van der Waals surface area contributed by atoms with Crippen LogP contribution in [-0.2, 0) is 6.42 Å². The number of nitrogens with one attached hydrogen (secondary N) is 1. The van der Waals surface area contributed by atoms with E-state index in [1.165, 1.54) is 6.07 Å². The maximum Gasteiger partial charge on any atom is 0.123 e. The van der Waals surface area contributed by atoms with E-state index in [4.69, 9.17) is 0 Å². The first-order chi connectivity index (χ1) is 5.33. The van der Waals surface area contributed by atoms with Gasteiger partial charge in [0.25, 0.3) is 0 Å². The normalized spacial score (nSPS) is 10.0. The Labute approximate surface area is 66.2 Å². The van der Waals surface area contributed by atoms with Gasteiger partial charge in [0.05, 0.1) is 0 Å². The molecular weight excluding hydrogens is 141 g/mol. The molecule has 0 spiro atoms. The Balaban J connectivity index is 2.56. The van der Waals surface area contributed by atoms with Crippen molar-refractivity contribution >= 4 is 0 Å². The minimum Gasteiger partial charge on any atom is -0.319 e. The van der Waals surface area contributed by atoms with Crippen LogP contribution < -0.4 is 5.32 Å². The Morgan fingerprint density at radius 1 is 1.45 bits per heavy atom. The zero-order valence-electron chi connectivity index (χ0n) is 6.60. The van der Waals surface area contributed by atoms with Crippen LogP contribution in [0.3, 0.4) is 0 Å². The molecule has 60 valence electrons. The van der Waals surface area contributed by atoms with Crippen molar-refractivity contribution < 1.29 is 4.39 Å². The molecule has 0 saturated heterocycles. The molecule has 0 radical (unpaired) electrons. The second-order valence-electron chi connectivity index (χ2n) is 2.48. The molecule has 1 nitrogen and oxygen atoms in total. The summed E-state index contributed by atoms with van der Waals surface area (Å²) in [5, 5.41) is 3.01. The Morgan fingerprint density at radius 2 is 2.27 bits per heavy atom. The molecule has 0 saturated carbocycles. The highest BCUT2D eigenvalue weighted by atomic mass is 19.1. The van der Waals surface area contributed by atoms with E-state index in [1.807, 2.05) is 13.1 Å². The van der Waals surface area contributed by atoms with Crippen molar-refractivity contribution in [2.24, 2.45) is 0 Å². The van der Waals surface area contributed by atoms with E-state index >= 15 is 0 Å². The van der Waals surface area contributed by atoms with Crippen LogP contribution in [0.1, 0.15) is 5.56 Å². The molecule has 0 unspecified atom stereocenters. The molecule has 1 aromatic rings. The summed E-state index contributed by atoms with van der Waals surface area (Å²) in [5.41, 5.74) is 1.04. The van der Waals surface area contributed by atoms with Gasteiger partial charge in [-0.1, -0.05) is 12.1 Å². The zero-order valence-corrected chi connectivity index (χ0v) is 6.60. The number of hydrogen-bond acceptors (Lipinski definition) is 1. The van der Waals surface area contributed by atoms with Gasteiger partial charge in [-0.05, 0) is 37.7 Å². The van der Waals surface area contributed by atoms with Crippen LogP contribution in [0.5, 0.6) is 0 Å². The van der Waals surface area contributed by atoms with Crippen molar-refractivity contribution in [3.8, 4) is 0 Å². The first-order valence-electron chi connectivity index (χ1n) is 3.72. The van der Waals surface area contributed by atoms with Gasteiger partial charge < -0.3 is 5.32 Å². The quantitative estimate of drug-likeness (QED) is 0.695. The second kappa shape index (κ2) is 4.09. The predicted molar refractivity (Wildman–Crippen MR) is 44.0 cm³/mol. The van der Waals surface area contributed by atoms with Gasteiger partial charge in [0.2, 0.25) is 0 Å². The number of halogens is 1. The molecule has 0 amide bonds. The van der Waals surface area contributed by atoms with Crippen LogP contribution in [0.15, 0.2) is 24.3 Å². The third kappa shape index (κ3) is 2.68. The van der Waals surface area contributed by atoms with Gasteiger partial charge in [0.15, 0.2) is 0 Å². The van der Waals surface area contributed by atoms with Crippen LogP contribution in [0, 0.1) is 5.82 Å². The SMILES string of the molecule is CNCCc1cccc(F)c1. The van der Waals surface area contributed by atoms with Crippen molar-refractivity contribution in [2.75, 3.05) is 13.6 Å². The summed E-state index contributed by atoms with van der Waals surface area (Å²) < 4.78 is 12.6. The average molecular weight is 153 g/mol. The third-order valence-corrected chi connectivity index (χ3v) is 1.55. The summed E-state index contributed by atoms with van der Waals surface area (Å²) >= 11 is 0. The largest absolute Gasteiger partial charge is 0.319 e. The molecular formula is C9H12FN. The van der Waals surface area contributed by atoms with Gasteiger partial charge in [-0.3, -0.25) is 0 Å². The third-order valence-electron chi connectivity index (χ3n) is 1.55. The fourth-order valence-electron chi connectivity index (χ4n) is 0.962. The van der Waals surface area contributed by atoms with E-state index in [2.05, 4.69) is 5.32 Å². The lowest BCUT2D eigenvalue weighted by molar-refractivity contribution is 0.624. The summed E-state index contributed by atoms with van der Waals surface area (Å²) in [6, 6.07) is 6.70. The van der Waals surface area contributed by atoms with E-state index in [0.717, 1.165) is 18.5 Å². The van der Waals surface area contributed by atoms with Crippen molar-refractivity contribution in [1.82, 2.24) is 5.32 Å². The molecule has 2 heteroatoms. The van der Waals surface area contributed by atoms with Crippen molar-refractivity contribution in [3.05, 3.63) is 35.6 Å². The molecule has 0 aliphatic heterocycles. The summed E-state index contributed by atoms with van der Waals surface area (Å²) in [4.78, 5) is 0. The van der Waals surface area contributed by atoms with Crippen molar-refractivity contribution in [3.63, 3.8) is 0 Å². The fourth-order valence-corrected chi connectivity index (χ4v) is 0.962. The molecule has 1 aromatic carbocycles. The van der Waals surface area contributed by atoms with Gasteiger partial charge in [-0.25, -0.2) is 4.39 Å². The van der Waals surface area contributed by atoms with Gasteiger partial charge >= 0.3 is 0 Å². The maximum atomic E-state index is 12.6. The lowest BCUT2D eigenvalue weighted by atomic mass is 10.1. The minimum absolute atomic E-state index is 0.154. The molecule has 0 aliphatic carbocycles. The number of benzene rings is 1. The van der Waals surface area contributed by atoms with Gasteiger partial charge in [0.1, 0.15) is 5.82 Å². The van der Waals surface area contributed by atoms with Crippen LogP contribution >= 0.6 is 0 Å². The second-order valence-corrected chi connectivity index (χ2v) is 2.48. The van der Waals surface area contributed by atoms with Gasteiger partial charge in [0, 0.05) is 0 Å². The standard InChI is InChI=1S/C9H12FN/c1-11-6-5-8-3-2-4-9(10)7-8/h2-4,7,11H,5-6H2,1H3. The van der Waals surface area contributed by atoms with Crippen LogP contribution in [0.4, 0.5) is 4.39 Å². The van der Waals surface area contributed by atoms with Crippen molar-refractivity contribution in [2.45, 2.75) is 6.42 Å². The highest BCUT2D eigenvalue weighted by Gasteiger charge is 1.92. The summed E-state index contributed by atoms with van der Waals surface area (Å²) in [7, 11) is 1.89. The first kappa shape index (κ1) is 8.21.